The summed E-state index contributed by atoms with van der Waals surface area (Å²) < 4.78 is 4.67. The molecule has 0 saturated carbocycles. The van der Waals surface area contributed by atoms with Gasteiger partial charge in [0, 0.05) is 12.5 Å². The summed E-state index contributed by atoms with van der Waals surface area (Å²) in [6.07, 6.45) is 0.0582. The van der Waals surface area contributed by atoms with Gasteiger partial charge in [-0.3, -0.25) is 0 Å². The number of alkyl halides is 3. The first-order chi connectivity index (χ1) is 6.35. The second-order valence-corrected chi connectivity index (χ2v) is 12.6. The summed E-state index contributed by atoms with van der Waals surface area (Å²) in [5, 5.41) is 0.149. The molecular weight excluding hydrogens is 271 g/mol. The smallest absolute Gasteiger partial charge is 0.193 e. The van der Waals surface area contributed by atoms with Gasteiger partial charge in [-0.1, -0.05) is 55.6 Å². The summed E-state index contributed by atoms with van der Waals surface area (Å²) >= 11 is 17.1. The van der Waals surface area contributed by atoms with Gasteiger partial charge in [-0.2, -0.15) is 0 Å². The molecule has 0 aromatic rings. The van der Waals surface area contributed by atoms with E-state index < -0.39 is 12.1 Å². The lowest BCUT2D eigenvalue weighted by Gasteiger charge is -2.39. The molecule has 15 heavy (non-hydrogen) atoms. The van der Waals surface area contributed by atoms with Crippen LogP contribution in [0.5, 0.6) is 0 Å². The van der Waals surface area contributed by atoms with Crippen LogP contribution in [0.3, 0.4) is 0 Å². The van der Waals surface area contributed by atoms with E-state index in [0.29, 0.717) is 6.42 Å². The normalized spacial score (nSPS) is 16.6. The van der Waals surface area contributed by atoms with E-state index in [-0.39, 0.29) is 11.1 Å². The Morgan fingerprint density at radius 3 is 1.87 bits per heavy atom. The zero-order valence-corrected chi connectivity index (χ0v) is 13.3. The highest BCUT2D eigenvalue weighted by atomic mass is 35.6. The summed E-state index contributed by atoms with van der Waals surface area (Å²) in [7, 11) is -1.81. The van der Waals surface area contributed by atoms with Crippen LogP contribution in [0.2, 0.25) is 18.1 Å². The zero-order chi connectivity index (χ0) is 12.5. The van der Waals surface area contributed by atoms with Crippen molar-refractivity contribution >= 4 is 43.1 Å². The third-order valence-corrected chi connectivity index (χ3v) is 7.72. The van der Waals surface area contributed by atoms with Gasteiger partial charge in [0.2, 0.25) is 0 Å². The van der Waals surface area contributed by atoms with E-state index in [1.807, 2.05) is 0 Å². The minimum absolute atomic E-state index is 0.149. The lowest BCUT2D eigenvalue weighted by atomic mass is 10.2. The SMILES string of the molecule is [CH2]C(CC(Cl)(Cl)Cl)O[Si](C)(C)C(C)(C)C. The minimum atomic E-state index is -1.81. The zero-order valence-electron chi connectivity index (χ0n) is 10.0. The van der Waals surface area contributed by atoms with Crippen molar-refractivity contribution in [3.8, 4) is 0 Å². The van der Waals surface area contributed by atoms with Gasteiger partial charge in [0.15, 0.2) is 12.1 Å². The molecule has 5 heteroatoms. The largest absolute Gasteiger partial charge is 0.414 e. The lowest BCUT2D eigenvalue weighted by molar-refractivity contribution is 0.214. The predicted octanol–water partition coefficient (Wildman–Crippen LogP) is 4.97. The van der Waals surface area contributed by atoms with Crippen LogP contribution in [0, 0.1) is 6.92 Å². The summed E-state index contributed by atoms with van der Waals surface area (Å²) in [5.41, 5.74) is 0. The van der Waals surface area contributed by atoms with Gasteiger partial charge in [0.25, 0.3) is 0 Å². The van der Waals surface area contributed by atoms with Crippen LogP contribution in [-0.4, -0.2) is 18.2 Å². The van der Waals surface area contributed by atoms with Gasteiger partial charge in [-0.05, 0) is 25.1 Å². The molecule has 0 bridgehead atoms. The fraction of sp³-hybridized carbons (Fsp3) is 0.900. The first-order valence-electron chi connectivity index (χ1n) is 4.93. The van der Waals surface area contributed by atoms with Gasteiger partial charge in [-0.25, -0.2) is 0 Å². The van der Waals surface area contributed by atoms with E-state index in [2.05, 4.69) is 40.8 Å². The molecule has 1 nitrogen and oxygen atoms in total. The van der Waals surface area contributed by atoms with Crippen LogP contribution in [0.25, 0.3) is 0 Å². The van der Waals surface area contributed by atoms with E-state index in [4.69, 9.17) is 39.2 Å². The van der Waals surface area contributed by atoms with Crippen molar-refractivity contribution in [1.29, 1.82) is 0 Å². The van der Waals surface area contributed by atoms with Crippen LogP contribution >= 0.6 is 34.8 Å². The number of rotatable bonds is 3. The molecule has 0 N–H and O–H groups in total. The molecule has 0 aliphatic carbocycles. The monoisotopic (exact) mass is 289 g/mol. The van der Waals surface area contributed by atoms with Crippen molar-refractivity contribution in [2.75, 3.05) is 0 Å². The molecule has 0 aliphatic heterocycles. The fourth-order valence-electron chi connectivity index (χ4n) is 0.893. The third-order valence-electron chi connectivity index (χ3n) is 2.73. The highest BCUT2D eigenvalue weighted by Gasteiger charge is 2.39. The van der Waals surface area contributed by atoms with E-state index >= 15 is 0 Å². The summed E-state index contributed by atoms with van der Waals surface area (Å²) in [6, 6.07) is 0. The molecule has 0 aromatic carbocycles. The molecule has 0 rings (SSSR count). The maximum atomic E-state index is 5.95. The Kier molecular flexibility index (Phi) is 5.49. The maximum Gasteiger partial charge on any atom is 0.193 e. The van der Waals surface area contributed by atoms with Gasteiger partial charge in [0.1, 0.15) is 0 Å². The van der Waals surface area contributed by atoms with Crippen LogP contribution in [0.4, 0.5) is 0 Å². The lowest BCUT2D eigenvalue weighted by Crippen LogP contribution is -2.44. The Hall–Kier alpha value is 1.05. The molecule has 0 heterocycles. The molecule has 0 spiro atoms. The van der Waals surface area contributed by atoms with Crippen LogP contribution in [0.15, 0.2) is 0 Å². The molecule has 0 aliphatic rings. The molecule has 0 amide bonds. The molecule has 0 fully saturated rings. The fourth-order valence-corrected chi connectivity index (χ4v) is 2.68. The predicted molar refractivity (Wildman–Crippen MR) is 72.3 cm³/mol. The van der Waals surface area contributed by atoms with Crippen molar-refractivity contribution in [2.45, 2.75) is 55.2 Å². The molecule has 0 aromatic heterocycles. The maximum absolute atomic E-state index is 5.95. The average molecular weight is 291 g/mol. The van der Waals surface area contributed by atoms with E-state index in [9.17, 15) is 0 Å². The molecular formula is C10H20Cl3OSi. The summed E-state index contributed by atoms with van der Waals surface area (Å²) in [4.78, 5) is 0. The summed E-state index contributed by atoms with van der Waals surface area (Å²) in [6.45, 7) is 14.7. The molecule has 1 radical (unpaired) electrons. The van der Waals surface area contributed by atoms with Crippen molar-refractivity contribution in [3.63, 3.8) is 0 Å². The van der Waals surface area contributed by atoms with Gasteiger partial charge in [-0.15, -0.1) is 0 Å². The topological polar surface area (TPSA) is 9.23 Å². The van der Waals surface area contributed by atoms with E-state index in [1.165, 1.54) is 0 Å². The Morgan fingerprint density at radius 1 is 1.20 bits per heavy atom. The summed E-state index contributed by atoms with van der Waals surface area (Å²) in [5.74, 6) is 0. The number of hydrogen-bond acceptors (Lipinski definition) is 1. The highest BCUT2D eigenvalue weighted by Crippen LogP contribution is 2.39. The first kappa shape index (κ1) is 16.0. The van der Waals surface area contributed by atoms with Crippen molar-refractivity contribution in [2.24, 2.45) is 0 Å². The highest BCUT2D eigenvalue weighted by molar-refractivity contribution is 6.74. The molecule has 1 unspecified atom stereocenters. The Balaban J connectivity index is 4.36. The van der Waals surface area contributed by atoms with E-state index in [1.54, 1.807) is 0 Å². The minimum Gasteiger partial charge on any atom is -0.414 e. The molecule has 91 valence electrons. The second kappa shape index (κ2) is 5.13. The van der Waals surface area contributed by atoms with E-state index in [0.717, 1.165) is 0 Å². The van der Waals surface area contributed by atoms with Crippen molar-refractivity contribution < 1.29 is 4.43 Å². The van der Waals surface area contributed by atoms with Gasteiger partial charge in [0.05, 0.1) is 0 Å². The van der Waals surface area contributed by atoms with Crippen LogP contribution < -0.4 is 0 Å². The Labute approximate surface area is 110 Å². The Bertz CT molecular complexity index is 206. The first-order valence-corrected chi connectivity index (χ1v) is 8.97. The standard InChI is InChI=1S/C10H20Cl3OSi/c1-8(7-10(11,12)13)14-15(5,6)9(2,3)4/h8H,1,7H2,2-6H3. The van der Waals surface area contributed by atoms with Gasteiger partial charge < -0.3 is 4.43 Å². The Morgan fingerprint density at radius 2 is 1.60 bits per heavy atom. The van der Waals surface area contributed by atoms with Crippen molar-refractivity contribution in [3.05, 3.63) is 6.92 Å². The molecule has 1 atom stereocenters. The van der Waals surface area contributed by atoms with Crippen LogP contribution in [-0.2, 0) is 4.43 Å². The van der Waals surface area contributed by atoms with Crippen molar-refractivity contribution in [1.82, 2.24) is 0 Å². The van der Waals surface area contributed by atoms with Gasteiger partial charge >= 0.3 is 0 Å². The van der Waals surface area contributed by atoms with Crippen LogP contribution in [0.1, 0.15) is 27.2 Å². The number of hydrogen-bond donors (Lipinski definition) is 0. The number of halogens is 3. The third kappa shape index (κ3) is 6.37. The average Bonchev–Trinajstić information content (AvgIpc) is 1.75. The molecule has 0 saturated heterocycles. The quantitative estimate of drug-likeness (QED) is 0.526. The second-order valence-electron chi connectivity index (χ2n) is 5.32.